The fourth-order valence-electron chi connectivity index (χ4n) is 4.50. The van der Waals surface area contributed by atoms with Crippen LogP contribution in [0.15, 0.2) is 109 Å². The number of hydrogen-bond donors (Lipinski definition) is 1. The van der Waals surface area contributed by atoms with E-state index in [1.54, 1.807) is 0 Å². The average molecular weight is 369 g/mol. The summed E-state index contributed by atoms with van der Waals surface area (Å²) in [5, 5.41) is 5.08. The van der Waals surface area contributed by atoms with Gasteiger partial charge < -0.3 is 4.98 Å². The zero-order chi connectivity index (χ0) is 19.2. The molecular weight excluding hydrogens is 350 g/mol. The van der Waals surface area contributed by atoms with Crippen LogP contribution in [0.25, 0.3) is 54.8 Å². The lowest BCUT2D eigenvalue weighted by atomic mass is 9.89. The fraction of sp³-hybridized carbons (Fsp3) is 0. The third-order valence-corrected chi connectivity index (χ3v) is 5.82. The molecule has 0 fully saturated rings. The molecule has 0 radical (unpaired) electrons. The molecule has 0 spiro atoms. The third kappa shape index (κ3) is 2.48. The lowest BCUT2D eigenvalue weighted by Crippen LogP contribution is -1.89. The Bertz CT molecular complexity index is 1490. The van der Waals surface area contributed by atoms with E-state index in [1.807, 2.05) is 0 Å². The first-order chi connectivity index (χ1) is 14.4. The van der Waals surface area contributed by atoms with Crippen LogP contribution in [0.1, 0.15) is 0 Å². The van der Waals surface area contributed by atoms with Gasteiger partial charge in [0.25, 0.3) is 0 Å². The van der Waals surface area contributed by atoms with Crippen molar-refractivity contribution < 1.29 is 0 Å². The first-order valence-corrected chi connectivity index (χ1v) is 9.97. The zero-order valence-electron chi connectivity index (χ0n) is 15.9. The number of hydrogen-bond acceptors (Lipinski definition) is 0. The minimum atomic E-state index is 1.18. The summed E-state index contributed by atoms with van der Waals surface area (Å²) >= 11 is 0. The molecule has 1 aromatic heterocycles. The molecule has 0 aliphatic heterocycles. The standard InChI is InChI=1S/C28H19N/c1-2-9-19(10-3-1)22-18-17-20-11-4-5-12-21(20)27(22)25-15-8-14-24-23-13-6-7-16-26(23)29-28(24)25/h1-18,29H. The van der Waals surface area contributed by atoms with Crippen LogP contribution in [0.5, 0.6) is 0 Å². The van der Waals surface area contributed by atoms with Gasteiger partial charge in [-0.2, -0.15) is 0 Å². The summed E-state index contributed by atoms with van der Waals surface area (Å²) in [4.78, 5) is 3.69. The van der Waals surface area contributed by atoms with E-state index in [9.17, 15) is 0 Å². The van der Waals surface area contributed by atoms with Crippen LogP contribution in [-0.2, 0) is 0 Å². The monoisotopic (exact) mass is 369 g/mol. The lowest BCUT2D eigenvalue weighted by Gasteiger charge is -2.15. The first kappa shape index (κ1) is 16.1. The van der Waals surface area contributed by atoms with Gasteiger partial charge in [-0.1, -0.05) is 103 Å². The van der Waals surface area contributed by atoms with Crippen molar-refractivity contribution in [2.45, 2.75) is 0 Å². The van der Waals surface area contributed by atoms with Crippen LogP contribution < -0.4 is 0 Å². The topological polar surface area (TPSA) is 15.8 Å². The molecule has 0 aliphatic carbocycles. The van der Waals surface area contributed by atoms with E-state index in [4.69, 9.17) is 0 Å². The maximum atomic E-state index is 3.69. The number of fused-ring (bicyclic) bond motifs is 4. The summed E-state index contributed by atoms with van der Waals surface area (Å²) in [5.74, 6) is 0. The summed E-state index contributed by atoms with van der Waals surface area (Å²) in [7, 11) is 0. The maximum absolute atomic E-state index is 3.69. The summed E-state index contributed by atoms with van der Waals surface area (Å²) < 4.78 is 0. The van der Waals surface area contributed by atoms with Crippen molar-refractivity contribution in [3.05, 3.63) is 109 Å². The van der Waals surface area contributed by atoms with E-state index in [-0.39, 0.29) is 0 Å². The van der Waals surface area contributed by atoms with Crippen LogP contribution in [0.2, 0.25) is 0 Å². The van der Waals surface area contributed by atoms with Crippen molar-refractivity contribution in [1.82, 2.24) is 4.98 Å². The van der Waals surface area contributed by atoms with E-state index >= 15 is 0 Å². The fourth-order valence-corrected chi connectivity index (χ4v) is 4.50. The molecule has 6 aromatic rings. The molecule has 1 heterocycles. The second kappa shape index (κ2) is 6.35. The molecule has 5 aromatic carbocycles. The Balaban J connectivity index is 1.78. The van der Waals surface area contributed by atoms with Gasteiger partial charge in [0.05, 0.1) is 5.52 Å². The van der Waals surface area contributed by atoms with Crippen molar-refractivity contribution in [1.29, 1.82) is 0 Å². The number of nitrogens with one attached hydrogen (secondary N) is 1. The number of aromatic nitrogens is 1. The molecule has 6 rings (SSSR count). The van der Waals surface area contributed by atoms with E-state index in [2.05, 4.69) is 114 Å². The Morgan fingerprint density at radius 3 is 2.07 bits per heavy atom. The average Bonchev–Trinajstić information content (AvgIpc) is 3.18. The highest BCUT2D eigenvalue weighted by Gasteiger charge is 2.16. The molecule has 0 bridgehead atoms. The minimum Gasteiger partial charge on any atom is -0.354 e. The molecule has 1 nitrogen and oxygen atoms in total. The molecule has 0 unspecified atom stereocenters. The van der Waals surface area contributed by atoms with Crippen LogP contribution in [0.3, 0.4) is 0 Å². The third-order valence-electron chi connectivity index (χ3n) is 5.82. The van der Waals surface area contributed by atoms with Crippen molar-refractivity contribution in [2.75, 3.05) is 0 Å². The van der Waals surface area contributed by atoms with Gasteiger partial charge in [-0.05, 0) is 33.5 Å². The maximum Gasteiger partial charge on any atom is 0.0544 e. The van der Waals surface area contributed by atoms with E-state index in [0.717, 1.165) is 0 Å². The SMILES string of the molecule is c1ccc(-c2ccc3ccccc3c2-c2cccc3c2[nH]c2ccccc23)cc1. The molecule has 0 amide bonds. The Morgan fingerprint density at radius 2 is 1.17 bits per heavy atom. The molecule has 136 valence electrons. The number of H-pyrrole nitrogens is 1. The predicted octanol–water partition coefficient (Wildman–Crippen LogP) is 7.81. The zero-order valence-corrected chi connectivity index (χ0v) is 15.9. The molecule has 0 saturated carbocycles. The van der Waals surface area contributed by atoms with Gasteiger partial charge in [0.15, 0.2) is 0 Å². The molecule has 1 heteroatoms. The Kier molecular flexibility index (Phi) is 3.54. The highest BCUT2D eigenvalue weighted by atomic mass is 14.7. The second-order valence-corrected chi connectivity index (χ2v) is 7.47. The predicted molar refractivity (Wildman–Crippen MR) is 124 cm³/mol. The number of para-hydroxylation sites is 2. The van der Waals surface area contributed by atoms with Gasteiger partial charge in [-0.25, -0.2) is 0 Å². The molecule has 0 aliphatic rings. The normalized spacial score (nSPS) is 11.4. The lowest BCUT2D eigenvalue weighted by molar-refractivity contribution is 1.54. The van der Waals surface area contributed by atoms with E-state index in [1.165, 1.54) is 54.8 Å². The van der Waals surface area contributed by atoms with Crippen molar-refractivity contribution in [3.8, 4) is 22.3 Å². The summed E-state index contributed by atoms with van der Waals surface area (Å²) in [6, 6.07) is 39.0. The van der Waals surface area contributed by atoms with Gasteiger partial charge in [0, 0.05) is 21.9 Å². The van der Waals surface area contributed by atoms with Crippen LogP contribution in [0, 0.1) is 0 Å². The van der Waals surface area contributed by atoms with Crippen LogP contribution in [0.4, 0.5) is 0 Å². The summed E-state index contributed by atoms with van der Waals surface area (Å²) in [5.41, 5.74) is 7.40. The number of aromatic amines is 1. The minimum absolute atomic E-state index is 1.18. The molecule has 0 saturated heterocycles. The summed E-state index contributed by atoms with van der Waals surface area (Å²) in [6.07, 6.45) is 0. The van der Waals surface area contributed by atoms with Gasteiger partial charge >= 0.3 is 0 Å². The highest BCUT2D eigenvalue weighted by Crippen LogP contribution is 2.42. The van der Waals surface area contributed by atoms with E-state index in [0.29, 0.717) is 0 Å². The first-order valence-electron chi connectivity index (χ1n) is 9.97. The molecule has 29 heavy (non-hydrogen) atoms. The Morgan fingerprint density at radius 1 is 0.448 bits per heavy atom. The smallest absolute Gasteiger partial charge is 0.0544 e. The largest absolute Gasteiger partial charge is 0.354 e. The van der Waals surface area contributed by atoms with Gasteiger partial charge in [0.2, 0.25) is 0 Å². The molecular formula is C28H19N. The van der Waals surface area contributed by atoms with Crippen molar-refractivity contribution in [3.63, 3.8) is 0 Å². The second-order valence-electron chi connectivity index (χ2n) is 7.47. The molecule has 1 N–H and O–H groups in total. The Hall–Kier alpha value is -3.84. The highest BCUT2D eigenvalue weighted by molar-refractivity contribution is 6.16. The van der Waals surface area contributed by atoms with Gasteiger partial charge in [-0.3, -0.25) is 0 Å². The van der Waals surface area contributed by atoms with Gasteiger partial charge in [0.1, 0.15) is 0 Å². The molecule has 0 atom stereocenters. The van der Waals surface area contributed by atoms with Crippen LogP contribution in [-0.4, -0.2) is 4.98 Å². The van der Waals surface area contributed by atoms with Crippen LogP contribution >= 0.6 is 0 Å². The summed E-state index contributed by atoms with van der Waals surface area (Å²) in [6.45, 7) is 0. The number of benzene rings is 5. The number of rotatable bonds is 2. The van der Waals surface area contributed by atoms with Crippen molar-refractivity contribution in [2.24, 2.45) is 0 Å². The Labute approximate surface area is 169 Å². The van der Waals surface area contributed by atoms with E-state index < -0.39 is 0 Å². The quantitative estimate of drug-likeness (QED) is 0.320. The van der Waals surface area contributed by atoms with Gasteiger partial charge in [-0.15, -0.1) is 0 Å². The van der Waals surface area contributed by atoms with Crippen molar-refractivity contribution >= 4 is 32.6 Å².